The van der Waals surface area contributed by atoms with Gasteiger partial charge in [-0.05, 0) is 13.8 Å². The fraction of sp³-hybridized carbons (Fsp3) is 0.800. The standard InChI is InChI=1S/C5H10NOPS/c1-5(2)7-8(3,9)4-6/h5H,1-3H3. The van der Waals surface area contributed by atoms with Crippen molar-refractivity contribution in [1.82, 2.24) is 0 Å². The first-order valence-electron chi connectivity index (χ1n) is 2.65. The van der Waals surface area contributed by atoms with Crippen LogP contribution < -0.4 is 0 Å². The summed E-state index contributed by atoms with van der Waals surface area (Å²) in [7, 11) is 0. The molecule has 0 spiro atoms. The maximum absolute atomic E-state index is 8.41. The molecule has 0 amide bonds. The maximum Gasteiger partial charge on any atom is 0.160 e. The Labute approximate surface area is 60.9 Å². The van der Waals surface area contributed by atoms with E-state index in [-0.39, 0.29) is 6.10 Å². The van der Waals surface area contributed by atoms with E-state index in [0.29, 0.717) is 0 Å². The summed E-state index contributed by atoms with van der Waals surface area (Å²) >= 11 is 4.85. The number of nitrogens with zero attached hydrogens (tertiary/aromatic N) is 1. The highest BCUT2D eigenvalue weighted by molar-refractivity contribution is 8.14. The summed E-state index contributed by atoms with van der Waals surface area (Å²) in [6.45, 7) is 5.44. The van der Waals surface area contributed by atoms with Crippen LogP contribution >= 0.6 is 6.26 Å². The average Bonchev–Trinajstić information content (AvgIpc) is 1.63. The molecule has 1 unspecified atom stereocenters. The number of hydrogen-bond donors (Lipinski definition) is 0. The van der Waals surface area contributed by atoms with Crippen molar-refractivity contribution in [3.05, 3.63) is 0 Å². The highest BCUT2D eigenvalue weighted by atomic mass is 32.4. The summed E-state index contributed by atoms with van der Waals surface area (Å²) in [6, 6.07) is 0. The lowest BCUT2D eigenvalue weighted by atomic mass is 10.5. The van der Waals surface area contributed by atoms with Gasteiger partial charge in [-0.15, -0.1) is 0 Å². The zero-order valence-corrected chi connectivity index (χ0v) is 7.50. The molecule has 0 aromatic carbocycles. The molecular formula is C5H10NOPS. The van der Waals surface area contributed by atoms with Gasteiger partial charge < -0.3 is 4.52 Å². The molecule has 1 atom stereocenters. The molecule has 9 heavy (non-hydrogen) atoms. The van der Waals surface area contributed by atoms with E-state index in [1.807, 2.05) is 19.7 Å². The predicted octanol–water partition coefficient (Wildman–Crippen LogP) is 1.92. The molecule has 0 radical (unpaired) electrons. The highest BCUT2D eigenvalue weighted by Gasteiger charge is 2.09. The van der Waals surface area contributed by atoms with Gasteiger partial charge in [0.1, 0.15) is 5.81 Å². The molecule has 0 fully saturated rings. The fourth-order valence-corrected chi connectivity index (χ4v) is 1.79. The summed E-state index contributed by atoms with van der Waals surface area (Å²) in [6.07, 6.45) is -2.02. The zero-order chi connectivity index (χ0) is 7.49. The Bertz CT molecular complexity index is 172. The molecule has 2 nitrogen and oxygen atoms in total. The van der Waals surface area contributed by atoms with E-state index >= 15 is 0 Å². The van der Waals surface area contributed by atoms with Crippen LogP contribution in [0.4, 0.5) is 0 Å². The molecular weight excluding hydrogens is 153 g/mol. The van der Waals surface area contributed by atoms with Gasteiger partial charge in [-0.1, -0.05) is 11.8 Å². The zero-order valence-electron chi connectivity index (χ0n) is 5.79. The van der Waals surface area contributed by atoms with Gasteiger partial charge in [-0.3, -0.25) is 0 Å². The van der Waals surface area contributed by atoms with Crippen molar-refractivity contribution in [3.63, 3.8) is 0 Å². The third kappa shape index (κ3) is 4.59. The minimum absolute atomic E-state index is 0.0699. The van der Waals surface area contributed by atoms with E-state index in [1.165, 1.54) is 0 Å². The molecule has 0 heterocycles. The van der Waals surface area contributed by atoms with Crippen LogP contribution in [-0.2, 0) is 16.3 Å². The Hall–Kier alpha value is 0.100. The van der Waals surface area contributed by atoms with Gasteiger partial charge in [0.25, 0.3) is 0 Å². The van der Waals surface area contributed by atoms with Crippen LogP contribution in [0.5, 0.6) is 0 Å². The summed E-state index contributed by atoms with van der Waals surface area (Å²) in [5.74, 6) is 1.98. The molecule has 52 valence electrons. The summed E-state index contributed by atoms with van der Waals surface area (Å²) in [5, 5.41) is 8.41. The average molecular weight is 163 g/mol. The number of hydrogen-bond acceptors (Lipinski definition) is 3. The SMILES string of the molecule is CC(C)OP(C)(=S)C#N. The van der Waals surface area contributed by atoms with Crippen molar-refractivity contribution in [2.45, 2.75) is 20.0 Å². The Morgan fingerprint density at radius 1 is 1.67 bits per heavy atom. The molecule has 0 aromatic rings. The molecule has 0 rings (SSSR count). The van der Waals surface area contributed by atoms with Gasteiger partial charge in [0.2, 0.25) is 0 Å². The first-order valence-corrected chi connectivity index (χ1v) is 5.82. The highest BCUT2D eigenvalue weighted by Crippen LogP contribution is 2.42. The normalized spacial score (nSPS) is 16.8. The van der Waals surface area contributed by atoms with Gasteiger partial charge in [-0.2, -0.15) is 5.26 Å². The second-order valence-corrected chi connectivity index (χ2v) is 6.29. The summed E-state index contributed by atoms with van der Waals surface area (Å²) in [4.78, 5) is 0. The molecule has 0 aliphatic carbocycles. The molecule has 0 aliphatic rings. The molecule has 0 saturated heterocycles. The van der Waals surface area contributed by atoms with Gasteiger partial charge in [0.15, 0.2) is 6.26 Å². The largest absolute Gasteiger partial charge is 0.336 e. The predicted molar refractivity (Wildman–Crippen MR) is 42.0 cm³/mol. The first kappa shape index (κ1) is 9.10. The van der Waals surface area contributed by atoms with Crippen LogP contribution in [0.3, 0.4) is 0 Å². The Morgan fingerprint density at radius 2 is 2.11 bits per heavy atom. The molecule has 4 heteroatoms. The molecule has 0 saturated carbocycles. The van der Waals surface area contributed by atoms with E-state index in [0.717, 1.165) is 0 Å². The summed E-state index contributed by atoms with van der Waals surface area (Å²) in [5.41, 5.74) is 0. The Balaban J connectivity index is 3.93. The second kappa shape index (κ2) is 3.31. The van der Waals surface area contributed by atoms with Gasteiger partial charge in [0, 0.05) is 6.66 Å². The Morgan fingerprint density at radius 3 is 2.22 bits per heavy atom. The minimum atomic E-state index is -2.09. The van der Waals surface area contributed by atoms with Crippen LogP contribution in [0.15, 0.2) is 0 Å². The lowest BCUT2D eigenvalue weighted by molar-refractivity contribution is 0.275. The summed E-state index contributed by atoms with van der Waals surface area (Å²) < 4.78 is 5.15. The third-order valence-electron chi connectivity index (χ3n) is 0.594. The monoisotopic (exact) mass is 163 g/mol. The van der Waals surface area contributed by atoms with Crippen LogP contribution in [0, 0.1) is 11.1 Å². The molecule has 0 bridgehead atoms. The van der Waals surface area contributed by atoms with Crippen LogP contribution in [0.25, 0.3) is 0 Å². The van der Waals surface area contributed by atoms with E-state index in [9.17, 15) is 0 Å². The quantitative estimate of drug-likeness (QED) is 0.583. The molecule has 0 aromatic heterocycles. The van der Waals surface area contributed by atoms with Crippen molar-refractivity contribution in [2.24, 2.45) is 0 Å². The van der Waals surface area contributed by atoms with E-state index in [1.54, 1.807) is 6.66 Å². The number of nitriles is 1. The van der Waals surface area contributed by atoms with Crippen molar-refractivity contribution in [2.75, 3.05) is 6.66 Å². The molecule has 0 N–H and O–H groups in total. The van der Waals surface area contributed by atoms with Crippen LogP contribution in [-0.4, -0.2) is 12.8 Å². The van der Waals surface area contributed by atoms with E-state index in [2.05, 4.69) is 0 Å². The van der Waals surface area contributed by atoms with Gasteiger partial charge >= 0.3 is 0 Å². The fourth-order valence-electron chi connectivity index (χ4n) is 0.426. The smallest absolute Gasteiger partial charge is 0.160 e. The van der Waals surface area contributed by atoms with Crippen molar-refractivity contribution < 1.29 is 4.52 Å². The lowest BCUT2D eigenvalue weighted by Crippen LogP contribution is -1.97. The van der Waals surface area contributed by atoms with Gasteiger partial charge in [-0.25, -0.2) is 0 Å². The van der Waals surface area contributed by atoms with Crippen molar-refractivity contribution in [3.8, 4) is 5.81 Å². The lowest BCUT2D eigenvalue weighted by Gasteiger charge is -2.11. The van der Waals surface area contributed by atoms with Crippen LogP contribution in [0.1, 0.15) is 13.8 Å². The van der Waals surface area contributed by atoms with E-state index in [4.69, 9.17) is 21.6 Å². The topological polar surface area (TPSA) is 33.0 Å². The van der Waals surface area contributed by atoms with Crippen molar-refractivity contribution in [1.29, 1.82) is 5.26 Å². The van der Waals surface area contributed by atoms with Crippen molar-refractivity contribution >= 4 is 18.1 Å². The number of rotatable bonds is 2. The van der Waals surface area contributed by atoms with Gasteiger partial charge in [0.05, 0.1) is 6.10 Å². The molecule has 0 aliphatic heterocycles. The second-order valence-electron chi connectivity index (χ2n) is 2.10. The Kier molecular flexibility index (Phi) is 3.35. The maximum atomic E-state index is 8.41. The third-order valence-corrected chi connectivity index (χ3v) is 2.28. The van der Waals surface area contributed by atoms with Crippen LogP contribution in [0.2, 0.25) is 0 Å². The first-order chi connectivity index (χ1) is 3.98. The minimum Gasteiger partial charge on any atom is -0.336 e. The van der Waals surface area contributed by atoms with E-state index < -0.39 is 6.26 Å².